The van der Waals surface area contributed by atoms with Crippen molar-refractivity contribution in [2.75, 3.05) is 12.4 Å². The molecule has 0 unspecified atom stereocenters. The smallest absolute Gasteiger partial charge is 0.226 e. The largest absolute Gasteiger partial charge is 0.324 e. The molecule has 7 heteroatoms. The van der Waals surface area contributed by atoms with Gasteiger partial charge in [0.2, 0.25) is 5.91 Å². The van der Waals surface area contributed by atoms with Gasteiger partial charge >= 0.3 is 0 Å². The quantitative estimate of drug-likeness (QED) is 0.831. The van der Waals surface area contributed by atoms with E-state index in [0.29, 0.717) is 13.1 Å². The van der Waals surface area contributed by atoms with Crippen LogP contribution in [0.1, 0.15) is 12.1 Å². The molecule has 1 heterocycles. The number of aromatic nitrogens is 3. The maximum atomic E-state index is 13.4. The number of para-hydroxylation sites is 1. The Labute approximate surface area is 116 Å². The summed E-state index contributed by atoms with van der Waals surface area (Å²) >= 11 is 0. The molecule has 0 fully saturated rings. The van der Waals surface area contributed by atoms with Crippen LogP contribution < -0.4 is 10.6 Å². The van der Waals surface area contributed by atoms with Crippen LogP contribution in [0.5, 0.6) is 0 Å². The number of rotatable bonds is 6. The van der Waals surface area contributed by atoms with E-state index in [9.17, 15) is 9.18 Å². The first kappa shape index (κ1) is 14.1. The van der Waals surface area contributed by atoms with Crippen LogP contribution >= 0.6 is 0 Å². The van der Waals surface area contributed by atoms with E-state index >= 15 is 0 Å². The van der Waals surface area contributed by atoms with E-state index in [4.69, 9.17) is 0 Å². The molecule has 0 saturated carbocycles. The molecule has 0 radical (unpaired) electrons. The first-order valence-electron chi connectivity index (χ1n) is 6.27. The van der Waals surface area contributed by atoms with Gasteiger partial charge in [-0.05, 0) is 19.2 Å². The molecule has 0 bridgehead atoms. The zero-order valence-electron chi connectivity index (χ0n) is 11.1. The predicted molar refractivity (Wildman–Crippen MR) is 72.4 cm³/mol. The van der Waals surface area contributed by atoms with Crippen LogP contribution in [0, 0.1) is 5.82 Å². The number of aryl methyl sites for hydroxylation is 1. The third-order valence-corrected chi connectivity index (χ3v) is 2.66. The molecular weight excluding hydrogens is 261 g/mol. The lowest BCUT2D eigenvalue weighted by Gasteiger charge is -2.05. The molecule has 1 aromatic carbocycles. The highest BCUT2D eigenvalue weighted by molar-refractivity contribution is 5.90. The van der Waals surface area contributed by atoms with Crippen molar-refractivity contribution in [3.05, 3.63) is 42.0 Å². The Kier molecular flexibility index (Phi) is 4.78. The second-order valence-corrected chi connectivity index (χ2v) is 4.28. The second-order valence-electron chi connectivity index (χ2n) is 4.28. The zero-order valence-corrected chi connectivity index (χ0v) is 11.1. The van der Waals surface area contributed by atoms with Gasteiger partial charge in [-0.1, -0.05) is 17.3 Å². The second kappa shape index (κ2) is 6.76. The molecule has 0 atom stereocenters. The number of anilines is 1. The Bertz CT molecular complexity index is 584. The number of hydrogen-bond acceptors (Lipinski definition) is 4. The molecule has 1 amide bonds. The Morgan fingerprint density at radius 1 is 1.40 bits per heavy atom. The molecule has 0 aliphatic rings. The monoisotopic (exact) mass is 277 g/mol. The van der Waals surface area contributed by atoms with Crippen LogP contribution in [0.3, 0.4) is 0 Å². The summed E-state index contributed by atoms with van der Waals surface area (Å²) in [4.78, 5) is 11.7. The van der Waals surface area contributed by atoms with Gasteiger partial charge in [0.25, 0.3) is 0 Å². The summed E-state index contributed by atoms with van der Waals surface area (Å²) in [5.74, 6) is -0.710. The maximum Gasteiger partial charge on any atom is 0.226 e. The summed E-state index contributed by atoms with van der Waals surface area (Å²) in [7, 11) is 1.82. The molecule has 2 aromatic rings. The van der Waals surface area contributed by atoms with Crippen LogP contribution in [0.2, 0.25) is 0 Å². The van der Waals surface area contributed by atoms with E-state index in [2.05, 4.69) is 20.9 Å². The van der Waals surface area contributed by atoms with Crippen LogP contribution in [0.4, 0.5) is 10.1 Å². The van der Waals surface area contributed by atoms with Gasteiger partial charge in [-0.25, -0.2) is 4.39 Å². The van der Waals surface area contributed by atoms with Gasteiger partial charge in [0.05, 0.1) is 17.9 Å². The fourth-order valence-corrected chi connectivity index (χ4v) is 1.70. The third kappa shape index (κ3) is 3.86. The summed E-state index contributed by atoms with van der Waals surface area (Å²) in [6.07, 6.45) is 1.98. The highest BCUT2D eigenvalue weighted by Gasteiger charge is 2.07. The molecule has 20 heavy (non-hydrogen) atoms. The number of amides is 1. The normalized spacial score (nSPS) is 10.5. The van der Waals surface area contributed by atoms with E-state index in [0.717, 1.165) is 5.69 Å². The van der Waals surface area contributed by atoms with E-state index in [1.807, 2.05) is 7.05 Å². The fourth-order valence-electron chi connectivity index (χ4n) is 1.70. The Balaban J connectivity index is 1.84. The van der Waals surface area contributed by atoms with Gasteiger partial charge < -0.3 is 10.6 Å². The number of hydrogen-bond donors (Lipinski definition) is 2. The van der Waals surface area contributed by atoms with Crippen LogP contribution in [0.15, 0.2) is 30.5 Å². The van der Waals surface area contributed by atoms with Crippen LogP contribution in [0.25, 0.3) is 0 Å². The molecule has 2 rings (SSSR count). The molecule has 0 aliphatic carbocycles. The molecule has 6 nitrogen and oxygen atoms in total. The Hall–Kier alpha value is -2.28. The predicted octanol–water partition coefficient (Wildman–Crippen LogP) is 1.17. The Morgan fingerprint density at radius 2 is 2.20 bits per heavy atom. The summed E-state index contributed by atoms with van der Waals surface area (Å²) < 4.78 is 14.9. The van der Waals surface area contributed by atoms with Crippen LogP contribution in [-0.2, 0) is 17.9 Å². The van der Waals surface area contributed by atoms with Gasteiger partial charge in [-0.3, -0.25) is 9.48 Å². The van der Waals surface area contributed by atoms with Gasteiger partial charge in [0.15, 0.2) is 0 Å². The molecule has 1 aromatic heterocycles. The number of benzene rings is 1. The minimum atomic E-state index is -0.446. The van der Waals surface area contributed by atoms with Crippen molar-refractivity contribution < 1.29 is 9.18 Å². The van der Waals surface area contributed by atoms with Gasteiger partial charge in [-0.15, -0.1) is 5.10 Å². The SMILES string of the molecule is CNCc1cn(CCC(=O)Nc2ccccc2F)nn1. The number of nitrogens with one attached hydrogen (secondary N) is 2. The third-order valence-electron chi connectivity index (χ3n) is 2.66. The highest BCUT2D eigenvalue weighted by Crippen LogP contribution is 2.12. The van der Waals surface area contributed by atoms with Crippen molar-refractivity contribution in [2.24, 2.45) is 0 Å². The van der Waals surface area contributed by atoms with E-state index in [-0.39, 0.29) is 18.0 Å². The van der Waals surface area contributed by atoms with Gasteiger partial charge in [0, 0.05) is 19.2 Å². The Morgan fingerprint density at radius 3 is 2.95 bits per heavy atom. The average molecular weight is 277 g/mol. The van der Waals surface area contributed by atoms with Crippen molar-refractivity contribution in [1.82, 2.24) is 20.3 Å². The number of halogens is 1. The number of carbonyl (C=O) groups excluding carboxylic acids is 1. The van der Waals surface area contributed by atoms with E-state index < -0.39 is 5.82 Å². The van der Waals surface area contributed by atoms with Crippen molar-refractivity contribution in [3.63, 3.8) is 0 Å². The molecule has 0 aliphatic heterocycles. The van der Waals surface area contributed by atoms with Gasteiger partial charge in [0.1, 0.15) is 5.82 Å². The average Bonchev–Trinajstić information content (AvgIpc) is 2.87. The van der Waals surface area contributed by atoms with Crippen LogP contribution in [-0.4, -0.2) is 27.9 Å². The van der Waals surface area contributed by atoms with Crippen molar-refractivity contribution in [1.29, 1.82) is 0 Å². The molecule has 2 N–H and O–H groups in total. The van der Waals surface area contributed by atoms with E-state index in [1.165, 1.54) is 12.1 Å². The number of carbonyl (C=O) groups is 1. The van der Waals surface area contributed by atoms with Crippen molar-refractivity contribution >= 4 is 11.6 Å². The fraction of sp³-hybridized carbons (Fsp3) is 0.308. The first-order chi connectivity index (χ1) is 9.69. The maximum absolute atomic E-state index is 13.4. The van der Waals surface area contributed by atoms with Crippen molar-refractivity contribution in [3.8, 4) is 0 Å². The minimum absolute atomic E-state index is 0.187. The molecule has 0 spiro atoms. The first-order valence-corrected chi connectivity index (χ1v) is 6.27. The summed E-state index contributed by atoms with van der Waals surface area (Å²) in [5.41, 5.74) is 0.994. The highest BCUT2D eigenvalue weighted by atomic mass is 19.1. The van der Waals surface area contributed by atoms with Gasteiger partial charge in [-0.2, -0.15) is 0 Å². The summed E-state index contributed by atoms with van der Waals surface area (Å²) in [5, 5.41) is 13.3. The zero-order chi connectivity index (χ0) is 14.4. The standard InChI is InChI=1S/C13H16FN5O/c1-15-8-10-9-19(18-17-10)7-6-13(20)16-12-5-3-2-4-11(12)14/h2-5,9,15H,6-8H2,1H3,(H,16,20). The summed E-state index contributed by atoms with van der Waals surface area (Å²) in [6.45, 7) is 1.03. The number of nitrogens with zero attached hydrogens (tertiary/aromatic N) is 3. The lowest BCUT2D eigenvalue weighted by atomic mass is 10.3. The molecule has 0 saturated heterocycles. The lowest BCUT2D eigenvalue weighted by molar-refractivity contribution is -0.116. The minimum Gasteiger partial charge on any atom is -0.324 e. The summed E-state index contributed by atoms with van der Waals surface area (Å²) in [6, 6.07) is 6.06. The lowest BCUT2D eigenvalue weighted by Crippen LogP contribution is -2.15. The molecular formula is C13H16FN5O. The topological polar surface area (TPSA) is 71.8 Å². The van der Waals surface area contributed by atoms with Crippen molar-refractivity contribution in [2.45, 2.75) is 19.5 Å². The molecule has 106 valence electrons. The van der Waals surface area contributed by atoms with E-state index in [1.54, 1.807) is 23.0 Å².